The van der Waals surface area contributed by atoms with Crippen LogP contribution in [0.2, 0.25) is 0 Å². The van der Waals surface area contributed by atoms with Gasteiger partial charge in [-0.15, -0.1) is 0 Å². The van der Waals surface area contributed by atoms with Crippen LogP contribution in [0.1, 0.15) is 6.42 Å². The molecule has 2 fully saturated rings. The number of morpholine rings is 1. The number of alkyl halides is 3. The molecule has 3 rings (SSSR count). The third kappa shape index (κ3) is 3.73. The Balaban J connectivity index is 1.86. The number of hydrogen-bond acceptors (Lipinski definition) is 6. The molecule has 2 aliphatic heterocycles. The zero-order valence-corrected chi connectivity index (χ0v) is 13.2. The third-order valence-electron chi connectivity index (χ3n) is 4.50. The van der Waals surface area contributed by atoms with Crippen molar-refractivity contribution >= 4 is 11.4 Å². The zero-order chi connectivity index (χ0) is 17.3. The van der Waals surface area contributed by atoms with Crippen molar-refractivity contribution in [3.63, 3.8) is 0 Å². The van der Waals surface area contributed by atoms with Gasteiger partial charge < -0.3 is 26.0 Å². The van der Waals surface area contributed by atoms with Crippen LogP contribution in [-0.4, -0.2) is 56.2 Å². The van der Waals surface area contributed by atoms with Gasteiger partial charge >= 0.3 is 6.18 Å². The van der Waals surface area contributed by atoms with Crippen LogP contribution in [0.4, 0.5) is 24.5 Å². The van der Waals surface area contributed by atoms with Crippen molar-refractivity contribution in [1.29, 1.82) is 0 Å². The fourth-order valence-corrected chi connectivity index (χ4v) is 3.36. The monoisotopic (exact) mass is 345 g/mol. The molecule has 1 aromatic rings. The van der Waals surface area contributed by atoms with Crippen LogP contribution in [0, 0.1) is 5.92 Å². The lowest BCUT2D eigenvalue weighted by molar-refractivity contribution is -0.177. The average Bonchev–Trinajstić information content (AvgIpc) is 2.53. The number of pyridine rings is 1. The Morgan fingerprint density at radius 3 is 2.62 bits per heavy atom. The van der Waals surface area contributed by atoms with E-state index in [0.717, 1.165) is 5.69 Å². The van der Waals surface area contributed by atoms with Crippen LogP contribution in [0.25, 0.3) is 0 Å². The molecule has 0 saturated carbocycles. The summed E-state index contributed by atoms with van der Waals surface area (Å²) in [5, 5.41) is 0. The van der Waals surface area contributed by atoms with Crippen molar-refractivity contribution in [2.75, 3.05) is 42.6 Å². The molecule has 4 N–H and O–H groups in total. The first kappa shape index (κ1) is 17.2. The Kier molecular flexibility index (Phi) is 4.84. The Bertz CT molecular complexity index is 570. The molecule has 0 amide bonds. The molecular weight excluding hydrogens is 323 g/mol. The molecular formula is C15H22F3N5O. The van der Waals surface area contributed by atoms with E-state index in [1.807, 2.05) is 4.90 Å². The molecule has 0 aliphatic carbocycles. The second-order valence-corrected chi connectivity index (χ2v) is 6.36. The van der Waals surface area contributed by atoms with Gasteiger partial charge in [-0.1, -0.05) is 0 Å². The summed E-state index contributed by atoms with van der Waals surface area (Å²) in [7, 11) is 0. The molecule has 0 aromatic carbocycles. The third-order valence-corrected chi connectivity index (χ3v) is 4.50. The van der Waals surface area contributed by atoms with Gasteiger partial charge in [0.15, 0.2) is 0 Å². The quantitative estimate of drug-likeness (QED) is 0.830. The highest BCUT2D eigenvalue weighted by molar-refractivity contribution is 5.70. The van der Waals surface area contributed by atoms with Gasteiger partial charge in [0, 0.05) is 31.9 Å². The van der Waals surface area contributed by atoms with Gasteiger partial charge in [-0.05, 0) is 12.5 Å². The Morgan fingerprint density at radius 2 is 1.92 bits per heavy atom. The van der Waals surface area contributed by atoms with E-state index >= 15 is 0 Å². The summed E-state index contributed by atoms with van der Waals surface area (Å²) < 4.78 is 44.8. The van der Waals surface area contributed by atoms with E-state index < -0.39 is 24.4 Å². The molecule has 2 aliphatic rings. The zero-order valence-electron chi connectivity index (χ0n) is 13.2. The van der Waals surface area contributed by atoms with Gasteiger partial charge in [0.1, 0.15) is 6.23 Å². The standard InChI is InChI=1S/C15H22F3N5O/c16-15(17,18)10-5-11(19)8-23(7-10)12-1-2-21-6-13(12)22-3-4-24-14(20)9-22/h1-2,6,10-11,14H,3-5,7-9,19-20H2. The summed E-state index contributed by atoms with van der Waals surface area (Å²) in [5.74, 6) is -1.42. The lowest BCUT2D eigenvalue weighted by atomic mass is 9.93. The van der Waals surface area contributed by atoms with Crippen LogP contribution in [0.5, 0.6) is 0 Å². The number of anilines is 2. The predicted octanol–water partition coefficient (Wildman–Crippen LogP) is 0.919. The summed E-state index contributed by atoms with van der Waals surface area (Å²) in [6.07, 6.45) is -1.45. The van der Waals surface area contributed by atoms with Crippen LogP contribution in [0.15, 0.2) is 18.5 Å². The number of rotatable bonds is 2. The summed E-state index contributed by atoms with van der Waals surface area (Å²) in [4.78, 5) is 7.84. The van der Waals surface area contributed by atoms with Crippen molar-refractivity contribution < 1.29 is 17.9 Å². The van der Waals surface area contributed by atoms with Crippen molar-refractivity contribution in [2.24, 2.45) is 17.4 Å². The highest BCUT2D eigenvalue weighted by Gasteiger charge is 2.44. The van der Waals surface area contributed by atoms with E-state index in [1.165, 1.54) is 0 Å². The van der Waals surface area contributed by atoms with Crippen molar-refractivity contribution in [3.8, 4) is 0 Å². The molecule has 2 saturated heterocycles. The lowest BCUT2D eigenvalue weighted by Crippen LogP contribution is -2.52. The molecule has 3 atom stereocenters. The van der Waals surface area contributed by atoms with Gasteiger partial charge in [0.2, 0.25) is 0 Å². The van der Waals surface area contributed by atoms with Gasteiger partial charge in [-0.2, -0.15) is 13.2 Å². The summed E-state index contributed by atoms with van der Waals surface area (Å²) in [6, 6.07) is 1.22. The molecule has 6 nitrogen and oxygen atoms in total. The molecule has 1 aromatic heterocycles. The highest BCUT2D eigenvalue weighted by atomic mass is 19.4. The SMILES string of the molecule is NC1CC(C(F)(F)F)CN(c2ccncc2N2CCOC(N)C2)C1. The van der Waals surface area contributed by atoms with Gasteiger partial charge in [0.25, 0.3) is 0 Å². The molecule has 3 heterocycles. The smallest absolute Gasteiger partial charge is 0.368 e. The largest absolute Gasteiger partial charge is 0.393 e. The maximum atomic E-state index is 13.2. The second-order valence-electron chi connectivity index (χ2n) is 6.36. The number of aromatic nitrogens is 1. The second kappa shape index (κ2) is 6.73. The number of nitrogens with two attached hydrogens (primary N) is 2. The van der Waals surface area contributed by atoms with E-state index in [1.54, 1.807) is 23.4 Å². The van der Waals surface area contributed by atoms with Gasteiger partial charge in [0.05, 0.1) is 36.6 Å². The summed E-state index contributed by atoms with van der Waals surface area (Å²) >= 11 is 0. The molecule has 24 heavy (non-hydrogen) atoms. The van der Waals surface area contributed by atoms with Gasteiger partial charge in [-0.25, -0.2) is 0 Å². The van der Waals surface area contributed by atoms with E-state index in [-0.39, 0.29) is 13.0 Å². The first-order chi connectivity index (χ1) is 11.3. The van der Waals surface area contributed by atoms with Crippen molar-refractivity contribution in [2.45, 2.75) is 24.9 Å². The normalized spacial score (nSPS) is 29.0. The molecule has 134 valence electrons. The first-order valence-corrected chi connectivity index (χ1v) is 7.98. The minimum atomic E-state index is -4.25. The minimum absolute atomic E-state index is 0.0388. The van der Waals surface area contributed by atoms with E-state index in [9.17, 15) is 13.2 Å². The lowest BCUT2D eigenvalue weighted by Gasteiger charge is -2.41. The molecule has 0 spiro atoms. The van der Waals surface area contributed by atoms with Crippen LogP contribution >= 0.6 is 0 Å². The predicted molar refractivity (Wildman–Crippen MR) is 84.7 cm³/mol. The fraction of sp³-hybridized carbons (Fsp3) is 0.667. The van der Waals surface area contributed by atoms with Gasteiger partial charge in [-0.3, -0.25) is 4.98 Å². The number of nitrogens with zero attached hydrogens (tertiary/aromatic N) is 3. The Hall–Kier alpha value is -1.58. The maximum absolute atomic E-state index is 13.2. The molecule has 0 bridgehead atoms. The van der Waals surface area contributed by atoms with Crippen LogP contribution in [-0.2, 0) is 4.74 Å². The Morgan fingerprint density at radius 1 is 1.12 bits per heavy atom. The van der Waals surface area contributed by atoms with E-state index in [0.29, 0.717) is 31.9 Å². The fourth-order valence-electron chi connectivity index (χ4n) is 3.36. The summed E-state index contributed by atoms with van der Waals surface area (Å²) in [5.41, 5.74) is 13.2. The molecule has 3 unspecified atom stereocenters. The minimum Gasteiger partial charge on any atom is -0.368 e. The topological polar surface area (TPSA) is 80.6 Å². The number of piperidine rings is 1. The van der Waals surface area contributed by atoms with Crippen molar-refractivity contribution in [1.82, 2.24) is 4.98 Å². The maximum Gasteiger partial charge on any atom is 0.393 e. The summed E-state index contributed by atoms with van der Waals surface area (Å²) in [6.45, 7) is 1.86. The average molecular weight is 345 g/mol. The highest BCUT2D eigenvalue weighted by Crippen LogP contribution is 2.37. The van der Waals surface area contributed by atoms with E-state index in [2.05, 4.69) is 4.98 Å². The molecule has 0 radical (unpaired) electrons. The Labute approximate surface area is 138 Å². The first-order valence-electron chi connectivity index (χ1n) is 7.98. The molecule has 9 heteroatoms. The van der Waals surface area contributed by atoms with Crippen LogP contribution in [0.3, 0.4) is 0 Å². The number of ether oxygens (including phenoxy) is 1. The number of halogens is 3. The van der Waals surface area contributed by atoms with Crippen LogP contribution < -0.4 is 21.3 Å². The van der Waals surface area contributed by atoms with Crippen molar-refractivity contribution in [3.05, 3.63) is 18.5 Å². The number of hydrogen-bond donors (Lipinski definition) is 2. The van der Waals surface area contributed by atoms with E-state index in [4.69, 9.17) is 16.2 Å².